The van der Waals surface area contributed by atoms with Gasteiger partial charge >= 0.3 is 6.03 Å². The fourth-order valence-corrected chi connectivity index (χ4v) is 3.27. The van der Waals surface area contributed by atoms with E-state index in [0.29, 0.717) is 10.9 Å². The lowest BCUT2D eigenvalue weighted by atomic mass is 10.1. The van der Waals surface area contributed by atoms with E-state index >= 15 is 0 Å². The van der Waals surface area contributed by atoms with Gasteiger partial charge in [0.15, 0.2) is 5.13 Å². The molecule has 0 saturated heterocycles. The van der Waals surface area contributed by atoms with Gasteiger partial charge in [-0.3, -0.25) is 9.53 Å². The Labute approximate surface area is 130 Å². The summed E-state index contributed by atoms with van der Waals surface area (Å²) in [4.78, 5) is 16.2. The molecule has 5 nitrogen and oxygen atoms in total. The van der Waals surface area contributed by atoms with Crippen molar-refractivity contribution < 1.29 is 9.00 Å². The van der Waals surface area contributed by atoms with Gasteiger partial charge < -0.3 is 5.32 Å². The summed E-state index contributed by atoms with van der Waals surface area (Å²) < 4.78 is 11.5. The number of aryl methyl sites for hydroxylation is 1. The van der Waals surface area contributed by atoms with E-state index < -0.39 is 10.8 Å². The van der Waals surface area contributed by atoms with Crippen molar-refractivity contribution in [3.63, 3.8) is 0 Å². The predicted octanol–water partition coefficient (Wildman–Crippen LogP) is 2.69. The van der Waals surface area contributed by atoms with E-state index in [4.69, 9.17) is 0 Å². The van der Waals surface area contributed by atoms with Crippen LogP contribution >= 0.6 is 11.3 Å². The number of urea groups is 1. The van der Waals surface area contributed by atoms with Gasteiger partial charge in [-0.15, -0.1) is 11.3 Å². The van der Waals surface area contributed by atoms with Crippen molar-refractivity contribution in [1.82, 2.24) is 10.3 Å². The first-order valence-corrected chi connectivity index (χ1v) is 9.00. The third kappa shape index (κ3) is 4.95. The Kier molecular flexibility index (Phi) is 5.46. The van der Waals surface area contributed by atoms with E-state index in [-0.39, 0.29) is 12.1 Å². The van der Waals surface area contributed by atoms with Gasteiger partial charge in [-0.05, 0) is 12.5 Å². The van der Waals surface area contributed by atoms with E-state index in [0.717, 1.165) is 11.3 Å². The molecule has 112 valence electrons. The number of carbonyl (C=O) groups is 1. The molecule has 2 atom stereocenters. The summed E-state index contributed by atoms with van der Waals surface area (Å²) in [5.41, 5.74) is 1.79. The van der Waals surface area contributed by atoms with Gasteiger partial charge in [0, 0.05) is 28.2 Å². The van der Waals surface area contributed by atoms with Crippen molar-refractivity contribution in [2.24, 2.45) is 0 Å². The van der Waals surface area contributed by atoms with Crippen LogP contribution in [0.3, 0.4) is 0 Å². The van der Waals surface area contributed by atoms with Gasteiger partial charge in [0.05, 0.1) is 11.7 Å². The normalized spacial score (nSPS) is 13.4. The molecule has 0 bridgehead atoms. The molecule has 2 N–H and O–H groups in total. The zero-order valence-corrected chi connectivity index (χ0v) is 13.5. The minimum absolute atomic E-state index is 0.293. The molecule has 7 heteroatoms. The van der Waals surface area contributed by atoms with Crippen LogP contribution in [-0.2, 0) is 10.8 Å². The van der Waals surface area contributed by atoms with E-state index in [2.05, 4.69) is 15.6 Å². The van der Waals surface area contributed by atoms with Crippen LogP contribution in [0.25, 0.3) is 0 Å². The number of aromatic nitrogens is 1. The number of benzene rings is 1. The molecule has 0 aliphatic heterocycles. The topological polar surface area (TPSA) is 71.1 Å². The van der Waals surface area contributed by atoms with Crippen molar-refractivity contribution in [1.29, 1.82) is 0 Å². The maximum absolute atomic E-state index is 12.0. The second kappa shape index (κ2) is 7.33. The Morgan fingerprint density at radius 3 is 2.67 bits per heavy atom. The van der Waals surface area contributed by atoms with E-state index in [9.17, 15) is 9.00 Å². The molecule has 0 spiro atoms. The maximum Gasteiger partial charge on any atom is 0.321 e. The van der Waals surface area contributed by atoms with Gasteiger partial charge in [-0.2, -0.15) is 0 Å². The molecule has 0 aliphatic carbocycles. The Hall–Kier alpha value is -1.73. The van der Waals surface area contributed by atoms with Crippen LogP contribution in [0.15, 0.2) is 35.7 Å². The highest BCUT2D eigenvalue weighted by atomic mass is 32.2. The summed E-state index contributed by atoms with van der Waals surface area (Å²) in [7, 11) is -1.01. The lowest BCUT2D eigenvalue weighted by molar-refractivity contribution is 0.249. The van der Waals surface area contributed by atoms with Crippen LogP contribution in [-0.4, -0.2) is 27.2 Å². The molecule has 21 heavy (non-hydrogen) atoms. The minimum Gasteiger partial charge on any atom is -0.330 e. The first-order valence-electron chi connectivity index (χ1n) is 6.39. The molecule has 1 aromatic carbocycles. The van der Waals surface area contributed by atoms with Crippen molar-refractivity contribution >= 4 is 33.3 Å². The Morgan fingerprint density at radius 2 is 2.10 bits per heavy atom. The number of nitrogens with one attached hydrogen (secondary N) is 2. The Bertz CT molecular complexity index is 628. The number of rotatable bonds is 5. The summed E-state index contributed by atoms with van der Waals surface area (Å²) in [5.74, 6) is 0.369. The fourth-order valence-electron chi connectivity index (χ4n) is 1.84. The number of amides is 2. The van der Waals surface area contributed by atoms with Crippen LogP contribution in [0.4, 0.5) is 9.93 Å². The fraction of sp³-hybridized carbons (Fsp3) is 0.286. The average molecular weight is 323 g/mol. The molecule has 2 aromatic rings. The second-order valence-electron chi connectivity index (χ2n) is 4.60. The zero-order chi connectivity index (χ0) is 15.2. The van der Waals surface area contributed by atoms with Crippen LogP contribution in [0.1, 0.15) is 17.3 Å². The smallest absolute Gasteiger partial charge is 0.321 e. The van der Waals surface area contributed by atoms with Crippen LogP contribution < -0.4 is 10.6 Å². The van der Waals surface area contributed by atoms with Gasteiger partial charge in [-0.1, -0.05) is 30.3 Å². The molecular formula is C14H17N3O2S2. The maximum atomic E-state index is 12.0. The zero-order valence-electron chi connectivity index (χ0n) is 11.8. The lowest BCUT2D eigenvalue weighted by Crippen LogP contribution is -2.35. The highest BCUT2D eigenvalue weighted by molar-refractivity contribution is 7.84. The quantitative estimate of drug-likeness (QED) is 0.888. The van der Waals surface area contributed by atoms with Crippen LogP contribution in [0, 0.1) is 6.92 Å². The molecule has 0 saturated carbocycles. The molecule has 0 radical (unpaired) electrons. The molecule has 2 amide bonds. The van der Waals surface area contributed by atoms with Gasteiger partial charge in [-0.25, -0.2) is 9.78 Å². The molecule has 0 unspecified atom stereocenters. The van der Waals surface area contributed by atoms with E-state index in [1.165, 1.54) is 11.3 Å². The molecule has 1 aromatic heterocycles. The van der Waals surface area contributed by atoms with Gasteiger partial charge in [0.2, 0.25) is 0 Å². The number of hydrogen-bond acceptors (Lipinski definition) is 4. The Balaban J connectivity index is 2.04. The molecule has 0 aliphatic rings. The third-order valence-corrected chi connectivity index (χ3v) is 4.43. The molecular weight excluding hydrogens is 306 g/mol. The SMILES string of the molecule is Cc1csc(NC(=O)N[C@H](C[S@](C)=O)c2ccccc2)n1. The third-order valence-electron chi connectivity index (χ3n) is 2.75. The van der Waals surface area contributed by atoms with E-state index in [1.54, 1.807) is 6.26 Å². The number of thiazole rings is 1. The first kappa shape index (κ1) is 15.7. The van der Waals surface area contributed by atoms with Gasteiger partial charge in [0.1, 0.15) is 0 Å². The Morgan fingerprint density at radius 1 is 1.38 bits per heavy atom. The molecule has 2 rings (SSSR count). The monoisotopic (exact) mass is 323 g/mol. The lowest BCUT2D eigenvalue weighted by Gasteiger charge is -2.18. The van der Waals surface area contributed by atoms with Crippen molar-refractivity contribution in [2.45, 2.75) is 13.0 Å². The predicted molar refractivity (Wildman–Crippen MR) is 87.1 cm³/mol. The first-order chi connectivity index (χ1) is 10.0. The molecule has 1 heterocycles. The minimum atomic E-state index is -1.01. The summed E-state index contributed by atoms with van der Waals surface area (Å²) in [6, 6.07) is 8.87. The summed E-state index contributed by atoms with van der Waals surface area (Å²) >= 11 is 1.37. The summed E-state index contributed by atoms with van der Waals surface area (Å²) in [6.07, 6.45) is 1.62. The van der Waals surface area contributed by atoms with Gasteiger partial charge in [0.25, 0.3) is 0 Å². The highest BCUT2D eigenvalue weighted by Gasteiger charge is 2.16. The second-order valence-corrected chi connectivity index (χ2v) is 6.93. The largest absolute Gasteiger partial charge is 0.330 e. The molecule has 0 fully saturated rings. The van der Waals surface area contributed by atoms with Crippen LogP contribution in [0.2, 0.25) is 0 Å². The van der Waals surface area contributed by atoms with Crippen molar-refractivity contribution in [3.8, 4) is 0 Å². The number of hydrogen-bond donors (Lipinski definition) is 2. The standard InChI is InChI=1S/C14H17N3O2S2/c1-10-8-20-14(15-10)17-13(18)16-12(9-21(2)19)11-6-4-3-5-7-11/h3-8,12H,9H2,1-2H3,(H2,15,16,17,18)/t12-,21+/m1/s1. The van der Waals surface area contributed by atoms with Crippen molar-refractivity contribution in [3.05, 3.63) is 47.0 Å². The van der Waals surface area contributed by atoms with Crippen molar-refractivity contribution in [2.75, 3.05) is 17.3 Å². The van der Waals surface area contributed by atoms with Crippen LogP contribution in [0.5, 0.6) is 0 Å². The number of nitrogens with zero attached hydrogens (tertiary/aromatic N) is 1. The van der Waals surface area contributed by atoms with E-state index in [1.807, 2.05) is 42.6 Å². The summed E-state index contributed by atoms with van der Waals surface area (Å²) in [6.45, 7) is 1.87. The number of anilines is 1. The summed E-state index contributed by atoms with van der Waals surface area (Å²) in [5, 5.41) is 7.96. The average Bonchev–Trinajstić information content (AvgIpc) is 2.83. The highest BCUT2D eigenvalue weighted by Crippen LogP contribution is 2.16. The number of carbonyl (C=O) groups excluding carboxylic acids is 1.